The van der Waals surface area contributed by atoms with Crippen molar-refractivity contribution in [3.05, 3.63) is 101 Å². The van der Waals surface area contributed by atoms with Crippen molar-refractivity contribution in [2.75, 3.05) is 6.61 Å². The summed E-state index contributed by atoms with van der Waals surface area (Å²) in [5, 5.41) is 0. The zero-order valence-electron chi connectivity index (χ0n) is 17.6. The van der Waals surface area contributed by atoms with Gasteiger partial charge in [-0.05, 0) is 42.5 Å². The van der Waals surface area contributed by atoms with Gasteiger partial charge in [0.2, 0.25) is 11.6 Å². The van der Waals surface area contributed by atoms with E-state index in [1.54, 1.807) is 24.3 Å². The van der Waals surface area contributed by atoms with Gasteiger partial charge in [-0.2, -0.15) is 8.78 Å². The van der Waals surface area contributed by atoms with Gasteiger partial charge in [0, 0.05) is 17.5 Å². The molecule has 0 bridgehead atoms. The van der Waals surface area contributed by atoms with Gasteiger partial charge in [0.25, 0.3) is 0 Å². The molecule has 3 rings (SSSR count). The summed E-state index contributed by atoms with van der Waals surface area (Å²) in [4.78, 5) is 0. The minimum Gasteiger partial charge on any atom is -0.486 e. The molecule has 0 radical (unpaired) electrons. The van der Waals surface area contributed by atoms with Gasteiger partial charge in [0.1, 0.15) is 6.61 Å². The van der Waals surface area contributed by atoms with E-state index >= 15 is 4.39 Å². The highest BCUT2D eigenvalue weighted by molar-refractivity contribution is 5.54. The van der Waals surface area contributed by atoms with Crippen LogP contribution in [0.25, 0.3) is 0 Å². The molecule has 0 N–H and O–H groups in total. The minimum atomic E-state index is -1.11. The zero-order chi connectivity index (χ0) is 22.5. The van der Waals surface area contributed by atoms with Crippen LogP contribution in [-0.4, -0.2) is 6.61 Å². The fourth-order valence-electron chi connectivity index (χ4n) is 3.22. The van der Waals surface area contributed by atoms with E-state index in [9.17, 15) is 8.78 Å². The standard InChI is InChI=1S/C26H25F3O2/c1-5-7-8-18-13-20-14-19-11-12-21(30-15-17(4)10-9-16(3)6-2)23(28)25(19)31-26(20)24(29)22(18)27/h5,9-13H,1,3-4,6-8,14-15H2,2H3/b10-9-. The van der Waals surface area contributed by atoms with Gasteiger partial charge in [-0.25, -0.2) is 4.39 Å². The molecule has 162 valence electrons. The lowest BCUT2D eigenvalue weighted by atomic mass is 9.96. The summed E-state index contributed by atoms with van der Waals surface area (Å²) in [6.07, 6.45) is 7.13. The molecule has 0 aromatic heterocycles. The first-order valence-corrected chi connectivity index (χ1v) is 10.1. The van der Waals surface area contributed by atoms with E-state index in [0.717, 1.165) is 12.0 Å². The summed E-state index contributed by atoms with van der Waals surface area (Å²) in [6, 6.07) is 4.74. The van der Waals surface area contributed by atoms with E-state index < -0.39 is 17.5 Å². The lowest BCUT2D eigenvalue weighted by molar-refractivity contribution is 0.320. The maximum Gasteiger partial charge on any atom is 0.207 e. The van der Waals surface area contributed by atoms with Crippen LogP contribution >= 0.6 is 0 Å². The van der Waals surface area contributed by atoms with Crippen LogP contribution in [0.15, 0.2) is 67.3 Å². The third-order valence-electron chi connectivity index (χ3n) is 5.08. The highest BCUT2D eigenvalue weighted by Gasteiger charge is 2.28. The largest absolute Gasteiger partial charge is 0.486 e. The van der Waals surface area contributed by atoms with E-state index in [-0.39, 0.29) is 35.8 Å². The minimum absolute atomic E-state index is 0.0467. The molecule has 0 spiro atoms. The predicted molar refractivity (Wildman–Crippen MR) is 117 cm³/mol. The number of rotatable bonds is 9. The van der Waals surface area contributed by atoms with Crippen molar-refractivity contribution >= 4 is 0 Å². The molecule has 1 aliphatic heterocycles. The van der Waals surface area contributed by atoms with Gasteiger partial charge in [-0.3, -0.25) is 0 Å². The monoisotopic (exact) mass is 426 g/mol. The number of aryl methyl sites for hydroxylation is 1. The lowest BCUT2D eigenvalue weighted by Crippen LogP contribution is -2.11. The average molecular weight is 426 g/mol. The molecule has 1 heterocycles. The maximum atomic E-state index is 15.0. The summed E-state index contributed by atoms with van der Waals surface area (Å²) in [7, 11) is 0. The Morgan fingerprint density at radius 2 is 1.74 bits per heavy atom. The van der Waals surface area contributed by atoms with Gasteiger partial charge < -0.3 is 9.47 Å². The molecule has 0 aliphatic carbocycles. The molecule has 1 aliphatic rings. The second-order valence-electron chi connectivity index (χ2n) is 7.42. The van der Waals surface area contributed by atoms with E-state index in [1.165, 1.54) is 6.07 Å². The summed E-state index contributed by atoms with van der Waals surface area (Å²) in [5.41, 5.74) is 2.85. The first-order valence-electron chi connectivity index (χ1n) is 10.1. The van der Waals surface area contributed by atoms with Gasteiger partial charge in [-0.1, -0.05) is 49.9 Å². The van der Waals surface area contributed by atoms with Gasteiger partial charge in [-0.15, -0.1) is 6.58 Å². The SMILES string of the molecule is C=CCCc1cc2c(c(F)c1F)Oc1c(ccc(OCC(=C)/C=C\C(=C)CC)c1F)C2. The second kappa shape index (κ2) is 9.73. The fourth-order valence-corrected chi connectivity index (χ4v) is 3.22. The molecule has 31 heavy (non-hydrogen) atoms. The number of allylic oxidation sites excluding steroid dienone is 3. The molecular weight excluding hydrogens is 401 g/mol. The number of hydrogen-bond donors (Lipinski definition) is 0. The van der Waals surface area contributed by atoms with Crippen molar-refractivity contribution in [1.29, 1.82) is 0 Å². The zero-order valence-corrected chi connectivity index (χ0v) is 17.6. The molecule has 0 unspecified atom stereocenters. The summed E-state index contributed by atoms with van der Waals surface area (Å²) in [6.45, 7) is 13.4. The summed E-state index contributed by atoms with van der Waals surface area (Å²) < 4.78 is 55.0. The number of fused-ring (bicyclic) bond motifs is 2. The number of hydrogen-bond acceptors (Lipinski definition) is 2. The normalized spacial score (nSPS) is 12.1. The Morgan fingerprint density at radius 3 is 2.45 bits per heavy atom. The Hall–Kier alpha value is -3.21. The van der Waals surface area contributed by atoms with Crippen molar-refractivity contribution in [2.24, 2.45) is 0 Å². The first kappa shape index (κ1) is 22.5. The maximum absolute atomic E-state index is 15.0. The van der Waals surface area contributed by atoms with E-state index in [2.05, 4.69) is 19.7 Å². The summed E-state index contributed by atoms with van der Waals surface area (Å²) in [5.74, 6) is -3.32. The summed E-state index contributed by atoms with van der Waals surface area (Å²) >= 11 is 0. The van der Waals surface area contributed by atoms with Gasteiger partial charge >= 0.3 is 0 Å². The number of benzene rings is 2. The van der Waals surface area contributed by atoms with Crippen molar-refractivity contribution < 1.29 is 22.6 Å². The lowest BCUT2D eigenvalue weighted by Gasteiger charge is -2.23. The van der Waals surface area contributed by atoms with Crippen molar-refractivity contribution in [1.82, 2.24) is 0 Å². The van der Waals surface area contributed by atoms with Gasteiger partial charge in [0.05, 0.1) is 0 Å². The Morgan fingerprint density at radius 1 is 1.03 bits per heavy atom. The highest BCUT2D eigenvalue weighted by atomic mass is 19.2. The van der Waals surface area contributed by atoms with Crippen LogP contribution < -0.4 is 9.47 Å². The van der Waals surface area contributed by atoms with Crippen LogP contribution in [0.3, 0.4) is 0 Å². The van der Waals surface area contributed by atoms with E-state index in [4.69, 9.17) is 9.47 Å². The van der Waals surface area contributed by atoms with Crippen molar-refractivity contribution in [3.63, 3.8) is 0 Å². The van der Waals surface area contributed by atoms with Crippen molar-refractivity contribution in [2.45, 2.75) is 32.6 Å². The highest BCUT2D eigenvalue weighted by Crippen LogP contribution is 2.43. The molecule has 0 saturated heterocycles. The quantitative estimate of drug-likeness (QED) is 0.263. The third-order valence-corrected chi connectivity index (χ3v) is 5.08. The Bertz CT molecular complexity index is 1070. The number of halogens is 3. The fraction of sp³-hybridized carbons (Fsp3) is 0.231. The molecule has 2 aromatic carbocycles. The second-order valence-corrected chi connectivity index (χ2v) is 7.42. The predicted octanol–water partition coefficient (Wildman–Crippen LogP) is 7.38. The number of ether oxygens (including phenoxy) is 2. The van der Waals surface area contributed by atoms with Crippen LogP contribution in [0.5, 0.6) is 17.2 Å². The third kappa shape index (κ3) is 4.93. The molecule has 0 saturated carbocycles. The van der Waals surface area contributed by atoms with E-state index in [1.807, 2.05) is 13.0 Å². The average Bonchev–Trinajstić information content (AvgIpc) is 2.77. The van der Waals surface area contributed by atoms with Crippen LogP contribution in [-0.2, 0) is 12.8 Å². The molecule has 0 atom stereocenters. The Labute approximate surface area is 181 Å². The molecule has 0 amide bonds. The van der Waals surface area contributed by atoms with Crippen LogP contribution in [0.1, 0.15) is 36.5 Å². The van der Waals surface area contributed by atoms with E-state index in [0.29, 0.717) is 29.5 Å². The van der Waals surface area contributed by atoms with Crippen molar-refractivity contribution in [3.8, 4) is 17.2 Å². The van der Waals surface area contributed by atoms with Crippen LogP contribution in [0, 0.1) is 17.5 Å². The Balaban J connectivity index is 1.81. The molecule has 2 aromatic rings. The molecular formula is C26H25F3O2. The first-order chi connectivity index (χ1) is 14.8. The topological polar surface area (TPSA) is 18.5 Å². The molecule has 0 fully saturated rings. The van der Waals surface area contributed by atoms with Crippen LogP contribution in [0.2, 0.25) is 0 Å². The molecule has 5 heteroatoms. The van der Waals surface area contributed by atoms with Gasteiger partial charge in [0.15, 0.2) is 23.1 Å². The Kier molecular flexibility index (Phi) is 7.06. The smallest absolute Gasteiger partial charge is 0.207 e. The molecule has 2 nitrogen and oxygen atoms in total. The van der Waals surface area contributed by atoms with Crippen LogP contribution in [0.4, 0.5) is 13.2 Å².